The highest BCUT2D eigenvalue weighted by Gasteiger charge is 2.19. The summed E-state index contributed by atoms with van der Waals surface area (Å²) < 4.78 is 4.39. The minimum absolute atomic E-state index is 0.186. The average molecular weight is 338 g/mol. The molecule has 0 bridgehead atoms. The van der Waals surface area contributed by atoms with Gasteiger partial charge in [0, 0.05) is 18.9 Å². The van der Waals surface area contributed by atoms with Crippen molar-refractivity contribution >= 4 is 5.65 Å². The summed E-state index contributed by atoms with van der Waals surface area (Å²) in [5.41, 5.74) is 2.68. The highest BCUT2D eigenvalue weighted by atomic mass is 16.2. The van der Waals surface area contributed by atoms with Crippen molar-refractivity contribution in [2.45, 2.75) is 46.1 Å². The van der Waals surface area contributed by atoms with E-state index in [4.69, 9.17) is 0 Å². The van der Waals surface area contributed by atoms with Crippen molar-refractivity contribution in [3.05, 3.63) is 62.6 Å². The summed E-state index contributed by atoms with van der Waals surface area (Å²) >= 11 is 0. The van der Waals surface area contributed by atoms with Gasteiger partial charge in [-0.1, -0.05) is 25.0 Å². The summed E-state index contributed by atoms with van der Waals surface area (Å²) in [4.78, 5) is 25.5. The zero-order valence-electron chi connectivity index (χ0n) is 14.6. The van der Waals surface area contributed by atoms with Crippen molar-refractivity contribution in [2.24, 2.45) is 5.92 Å². The van der Waals surface area contributed by atoms with Crippen molar-refractivity contribution in [2.75, 3.05) is 0 Å². The first-order valence-electron chi connectivity index (χ1n) is 8.83. The molecule has 2 aromatic heterocycles. The van der Waals surface area contributed by atoms with E-state index in [9.17, 15) is 9.59 Å². The lowest BCUT2D eigenvalue weighted by molar-refractivity contribution is 0.420. The van der Waals surface area contributed by atoms with E-state index in [0.717, 1.165) is 29.7 Å². The molecule has 130 valence electrons. The summed E-state index contributed by atoms with van der Waals surface area (Å²) in [6.07, 6.45) is 7.98. The molecular formula is C19H22N4O2. The minimum Gasteiger partial charge on any atom is -0.279 e. The molecule has 0 aliphatic heterocycles. The standard InChI is InChI=1S/C19H22N4O2/c1-13-6-5-9-16(14(13)2)21-10-11-22-17(18(21)24)20-23(19(22)25)12-15-7-3-4-8-15/h5-6,9-11,15H,3-4,7-8,12H2,1-2H3. The Labute approximate surface area is 145 Å². The van der Waals surface area contributed by atoms with E-state index in [2.05, 4.69) is 5.10 Å². The molecule has 0 radical (unpaired) electrons. The SMILES string of the molecule is Cc1cccc(-n2ccn3c(=O)n(CC4CCCC4)nc3c2=O)c1C. The number of fused-ring (bicyclic) bond motifs is 1. The number of hydrogen-bond donors (Lipinski definition) is 0. The molecule has 4 rings (SSSR count). The van der Waals surface area contributed by atoms with Gasteiger partial charge in [0.1, 0.15) is 0 Å². The second-order valence-corrected chi connectivity index (χ2v) is 7.00. The Balaban J connectivity index is 1.84. The first-order valence-corrected chi connectivity index (χ1v) is 8.83. The molecule has 1 saturated carbocycles. The smallest absolute Gasteiger partial charge is 0.279 e. The van der Waals surface area contributed by atoms with Crippen LogP contribution in [0.3, 0.4) is 0 Å². The van der Waals surface area contributed by atoms with Gasteiger partial charge in [0.05, 0.1) is 5.69 Å². The van der Waals surface area contributed by atoms with Crippen LogP contribution in [0.1, 0.15) is 36.8 Å². The molecule has 0 atom stereocenters. The lowest BCUT2D eigenvalue weighted by atomic mass is 10.1. The van der Waals surface area contributed by atoms with Gasteiger partial charge in [-0.25, -0.2) is 13.9 Å². The number of aryl methyl sites for hydroxylation is 1. The number of benzene rings is 1. The van der Waals surface area contributed by atoms with Crippen LogP contribution in [-0.4, -0.2) is 18.7 Å². The van der Waals surface area contributed by atoms with Crippen LogP contribution in [-0.2, 0) is 6.54 Å². The molecule has 1 fully saturated rings. The van der Waals surface area contributed by atoms with Crippen molar-refractivity contribution in [1.82, 2.24) is 18.7 Å². The molecule has 0 saturated heterocycles. The van der Waals surface area contributed by atoms with Crippen molar-refractivity contribution in [3.8, 4) is 5.69 Å². The fourth-order valence-electron chi connectivity index (χ4n) is 3.75. The molecule has 3 aromatic rings. The van der Waals surface area contributed by atoms with Gasteiger partial charge in [0.2, 0.25) is 5.65 Å². The van der Waals surface area contributed by atoms with Crippen molar-refractivity contribution in [1.29, 1.82) is 0 Å². The summed E-state index contributed by atoms with van der Waals surface area (Å²) in [5.74, 6) is 0.490. The van der Waals surface area contributed by atoms with Crippen LogP contribution in [0.2, 0.25) is 0 Å². The van der Waals surface area contributed by atoms with Gasteiger partial charge in [-0.15, -0.1) is 5.10 Å². The first-order chi connectivity index (χ1) is 12.1. The molecule has 0 N–H and O–H groups in total. The van der Waals surface area contributed by atoms with E-state index in [1.165, 1.54) is 21.9 Å². The normalized spacial score (nSPS) is 15.3. The van der Waals surface area contributed by atoms with Crippen LogP contribution in [0.5, 0.6) is 0 Å². The topological polar surface area (TPSA) is 61.3 Å². The molecule has 0 spiro atoms. The summed E-state index contributed by atoms with van der Waals surface area (Å²) in [6, 6.07) is 5.86. The Morgan fingerprint density at radius 2 is 1.88 bits per heavy atom. The molecule has 2 heterocycles. The zero-order chi connectivity index (χ0) is 17.6. The number of aromatic nitrogens is 4. The van der Waals surface area contributed by atoms with Gasteiger partial charge in [0.25, 0.3) is 0 Å². The maximum absolute atomic E-state index is 12.9. The predicted molar refractivity (Wildman–Crippen MR) is 96.5 cm³/mol. The van der Waals surface area contributed by atoms with Crippen molar-refractivity contribution in [3.63, 3.8) is 0 Å². The second-order valence-electron chi connectivity index (χ2n) is 7.00. The molecule has 6 heteroatoms. The Kier molecular flexibility index (Phi) is 3.82. The van der Waals surface area contributed by atoms with E-state index < -0.39 is 0 Å². The lowest BCUT2D eigenvalue weighted by Crippen LogP contribution is -2.25. The largest absolute Gasteiger partial charge is 0.350 e. The predicted octanol–water partition coefficient (Wildman–Crippen LogP) is 2.45. The second kappa shape index (κ2) is 6.02. The maximum atomic E-state index is 12.9. The van der Waals surface area contributed by atoms with E-state index >= 15 is 0 Å². The van der Waals surface area contributed by atoms with Crippen LogP contribution in [0.25, 0.3) is 11.3 Å². The summed E-state index contributed by atoms with van der Waals surface area (Å²) in [5, 5.41) is 4.35. The molecular weight excluding hydrogens is 316 g/mol. The maximum Gasteiger partial charge on any atom is 0.350 e. The van der Waals surface area contributed by atoms with Gasteiger partial charge >= 0.3 is 11.2 Å². The van der Waals surface area contributed by atoms with E-state index in [1.54, 1.807) is 17.0 Å². The van der Waals surface area contributed by atoms with Crippen LogP contribution in [0.4, 0.5) is 0 Å². The van der Waals surface area contributed by atoms with Crippen LogP contribution < -0.4 is 11.2 Å². The fraction of sp³-hybridized carbons (Fsp3) is 0.421. The third kappa shape index (κ3) is 2.62. The van der Waals surface area contributed by atoms with Gasteiger partial charge in [-0.05, 0) is 49.8 Å². The Morgan fingerprint density at radius 3 is 2.64 bits per heavy atom. The van der Waals surface area contributed by atoms with Crippen LogP contribution in [0.15, 0.2) is 40.2 Å². The number of hydrogen-bond acceptors (Lipinski definition) is 3. The zero-order valence-corrected chi connectivity index (χ0v) is 14.6. The third-order valence-electron chi connectivity index (χ3n) is 5.39. The van der Waals surface area contributed by atoms with Crippen LogP contribution in [0, 0.1) is 19.8 Å². The molecule has 6 nitrogen and oxygen atoms in total. The van der Waals surface area contributed by atoms with E-state index in [-0.39, 0.29) is 16.9 Å². The summed E-state index contributed by atoms with van der Waals surface area (Å²) in [7, 11) is 0. The molecule has 0 unspecified atom stereocenters. The quantitative estimate of drug-likeness (QED) is 0.737. The number of rotatable bonds is 3. The molecule has 0 amide bonds. The van der Waals surface area contributed by atoms with Gasteiger partial charge in [0.15, 0.2) is 0 Å². The van der Waals surface area contributed by atoms with Gasteiger partial charge < -0.3 is 0 Å². The highest BCUT2D eigenvalue weighted by Crippen LogP contribution is 2.25. The third-order valence-corrected chi connectivity index (χ3v) is 5.39. The van der Waals surface area contributed by atoms with Crippen LogP contribution >= 0.6 is 0 Å². The molecule has 1 aliphatic carbocycles. The molecule has 1 aliphatic rings. The summed E-state index contributed by atoms with van der Waals surface area (Å²) in [6.45, 7) is 4.61. The first kappa shape index (κ1) is 15.9. The van der Waals surface area contributed by atoms with Gasteiger partial charge in [-0.2, -0.15) is 0 Å². The highest BCUT2D eigenvalue weighted by molar-refractivity contribution is 5.47. The van der Waals surface area contributed by atoms with E-state index in [0.29, 0.717) is 12.5 Å². The van der Waals surface area contributed by atoms with Crippen molar-refractivity contribution < 1.29 is 0 Å². The fourth-order valence-corrected chi connectivity index (χ4v) is 3.75. The molecule has 25 heavy (non-hydrogen) atoms. The molecule has 1 aromatic carbocycles. The minimum atomic E-state index is -0.265. The Hall–Kier alpha value is -2.63. The van der Waals surface area contributed by atoms with E-state index in [1.807, 2.05) is 32.0 Å². The lowest BCUT2D eigenvalue weighted by Gasteiger charge is -2.10. The Bertz CT molecular complexity index is 1050. The Morgan fingerprint density at radius 1 is 1.12 bits per heavy atom. The average Bonchev–Trinajstić information content (AvgIpc) is 3.21. The monoisotopic (exact) mass is 338 g/mol. The van der Waals surface area contributed by atoms with Gasteiger partial charge in [-0.3, -0.25) is 9.36 Å². The number of nitrogens with zero attached hydrogens (tertiary/aromatic N) is 4.